The van der Waals surface area contributed by atoms with E-state index in [9.17, 15) is 0 Å². The molecule has 1 aromatic carbocycles. The monoisotopic (exact) mass is 354 g/mol. The van der Waals surface area contributed by atoms with E-state index < -0.39 is 0 Å². The van der Waals surface area contributed by atoms with Crippen LogP contribution in [-0.2, 0) is 13.1 Å². The molecular weight excluding hydrogens is 328 g/mol. The summed E-state index contributed by atoms with van der Waals surface area (Å²) in [4.78, 5) is 4.57. The van der Waals surface area contributed by atoms with Crippen LogP contribution in [0.5, 0.6) is 11.5 Å². The second-order valence-corrected chi connectivity index (χ2v) is 6.51. The normalized spacial score (nSPS) is 11.0. The Balaban J connectivity index is 1.94. The average molecular weight is 354 g/mol. The Morgan fingerprint density at radius 3 is 2.38 bits per heavy atom. The average Bonchev–Trinajstić information content (AvgIpc) is 3.19. The molecule has 6 nitrogen and oxygen atoms in total. The highest BCUT2D eigenvalue weighted by Crippen LogP contribution is 2.38. The van der Waals surface area contributed by atoms with Crippen LogP contribution in [0.15, 0.2) is 24.5 Å². The Labute approximate surface area is 154 Å². The van der Waals surface area contributed by atoms with Crippen molar-refractivity contribution >= 4 is 0 Å². The molecule has 0 bridgehead atoms. The summed E-state index contributed by atoms with van der Waals surface area (Å²) in [7, 11) is 3.31. The third kappa shape index (κ3) is 3.19. The Morgan fingerprint density at radius 2 is 1.77 bits per heavy atom. The molecule has 0 unspecified atom stereocenters. The van der Waals surface area contributed by atoms with Crippen LogP contribution in [0.1, 0.15) is 22.5 Å². The summed E-state index contributed by atoms with van der Waals surface area (Å²) < 4.78 is 15.3. The largest absolute Gasteiger partial charge is 0.493 e. The van der Waals surface area contributed by atoms with Crippen molar-refractivity contribution in [3.05, 3.63) is 47.0 Å². The lowest BCUT2D eigenvalue weighted by molar-refractivity contribution is 0.355. The van der Waals surface area contributed by atoms with Gasteiger partial charge in [0, 0.05) is 24.6 Å². The van der Waals surface area contributed by atoms with Gasteiger partial charge in [-0.2, -0.15) is 5.10 Å². The second-order valence-electron chi connectivity index (χ2n) is 6.51. The number of aromatic nitrogens is 4. The highest BCUT2D eigenvalue weighted by Gasteiger charge is 2.17. The van der Waals surface area contributed by atoms with Crippen LogP contribution in [0.4, 0.5) is 0 Å². The molecule has 0 spiro atoms. The summed E-state index contributed by atoms with van der Waals surface area (Å²) in [5, 5.41) is 4.63. The van der Waals surface area contributed by atoms with E-state index in [0.29, 0.717) is 11.5 Å². The minimum atomic E-state index is 0.701. The molecule has 0 atom stereocenters. The number of ether oxygens (including phenoxy) is 2. The predicted octanol–water partition coefficient (Wildman–Crippen LogP) is 3.70. The second kappa shape index (κ2) is 7.23. The van der Waals surface area contributed by atoms with Crippen molar-refractivity contribution in [1.29, 1.82) is 0 Å². The lowest BCUT2D eigenvalue weighted by atomic mass is 10.1. The van der Waals surface area contributed by atoms with Crippen molar-refractivity contribution in [3.63, 3.8) is 0 Å². The number of benzene rings is 1. The lowest BCUT2D eigenvalue weighted by Gasteiger charge is -2.15. The fourth-order valence-corrected chi connectivity index (χ4v) is 3.21. The van der Waals surface area contributed by atoms with E-state index in [1.165, 1.54) is 11.3 Å². The minimum Gasteiger partial charge on any atom is -0.493 e. The summed E-state index contributed by atoms with van der Waals surface area (Å²) in [6.45, 7) is 9.87. The first-order valence-electron chi connectivity index (χ1n) is 8.71. The van der Waals surface area contributed by atoms with Gasteiger partial charge in [0.05, 0.1) is 32.0 Å². The smallest absolute Gasteiger partial charge is 0.171 e. The predicted molar refractivity (Wildman–Crippen MR) is 102 cm³/mol. The molecule has 0 saturated carbocycles. The summed E-state index contributed by atoms with van der Waals surface area (Å²) in [5.74, 6) is 2.28. The minimum absolute atomic E-state index is 0.701. The maximum Gasteiger partial charge on any atom is 0.171 e. The molecule has 0 amide bonds. The summed E-state index contributed by atoms with van der Waals surface area (Å²) in [6.07, 6.45) is 3.80. The Hall–Kier alpha value is -2.76. The fourth-order valence-electron chi connectivity index (χ4n) is 3.21. The molecule has 0 aliphatic rings. The van der Waals surface area contributed by atoms with Gasteiger partial charge in [0.15, 0.2) is 11.5 Å². The van der Waals surface area contributed by atoms with Gasteiger partial charge >= 0.3 is 0 Å². The Morgan fingerprint density at radius 1 is 1.00 bits per heavy atom. The maximum atomic E-state index is 5.61. The summed E-state index contributed by atoms with van der Waals surface area (Å²) in [6, 6.07) is 4.04. The van der Waals surface area contributed by atoms with Crippen molar-refractivity contribution < 1.29 is 9.47 Å². The van der Waals surface area contributed by atoms with Crippen LogP contribution in [0.2, 0.25) is 0 Å². The molecule has 0 N–H and O–H groups in total. The first-order chi connectivity index (χ1) is 12.5. The van der Waals surface area contributed by atoms with E-state index in [-0.39, 0.29) is 0 Å². The van der Waals surface area contributed by atoms with Crippen molar-refractivity contribution in [2.24, 2.45) is 0 Å². The van der Waals surface area contributed by atoms with Crippen molar-refractivity contribution in [3.8, 4) is 22.9 Å². The van der Waals surface area contributed by atoms with Gasteiger partial charge in [-0.25, -0.2) is 4.98 Å². The number of imidazole rings is 1. The van der Waals surface area contributed by atoms with Gasteiger partial charge in [-0.3, -0.25) is 4.68 Å². The molecule has 0 aliphatic carbocycles. The third-order valence-corrected chi connectivity index (χ3v) is 4.88. The molecule has 26 heavy (non-hydrogen) atoms. The number of methoxy groups -OCH3 is 2. The number of aryl methyl sites for hydroxylation is 4. The van der Waals surface area contributed by atoms with Gasteiger partial charge in [0.2, 0.25) is 0 Å². The first kappa shape index (κ1) is 18.0. The quantitative estimate of drug-likeness (QED) is 0.677. The molecule has 0 saturated heterocycles. The molecule has 0 fully saturated rings. The van der Waals surface area contributed by atoms with E-state index in [1.54, 1.807) is 14.2 Å². The van der Waals surface area contributed by atoms with E-state index in [4.69, 9.17) is 9.47 Å². The van der Waals surface area contributed by atoms with E-state index in [1.807, 2.05) is 32.3 Å². The standard InChI is InChI=1S/C20H26N4O2/c1-13-11-17(19(26-6)18(12-13)25-5)20-21-7-8-23(20)9-10-24-16(4)14(2)15(3)22-24/h7-8,11-12H,9-10H2,1-6H3. The van der Waals surface area contributed by atoms with E-state index in [2.05, 4.69) is 39.2 Å². The maximum absolute atomic E-state index is 5.61. The summed E-state index contributed by atoms with van der Waals surface area (Å²) >= 11 is 0. The van der Waals surface area contributed by atoms with E-state index in [0.717, 1.165) is 35.7 Å². The van der Waals surface area contributed by atoms with Crippen LogP contribution in [0.25, 0.3) is 11.4 Å². The van der Waals surface area contributed by atoms with Crippen molar-refractivity contribution in [2.45, 2.75) is 40.8 Å². The van der Waals surface area contributed by atoms with Crippen LogP contribution in [0, 0.1) is 27.7 Å². The van der Waals surface area contributed by atoms with Gasteiger partial charge in [0.1, 0.15) is 5.82 Å². The van der Waals surface area contributed by atoms with Gasteiger partial charge in [-0.1, -0.05) is 0 Å². The van der Waals surface area contributed by atoms with Gasteiger partial charge in [-0.15, -0.1) is 0 Å². The molecule has 0 aliphatic heterocycles. The van der Waals surface area contributed by atoms with Crippen molar-refractivity contribution in [2.75, 3.05) is 14.2 Å². The Kier molecular flexibility index (Phi) is 5.02. The number of rotatable bonds is 6. The summed E-state index contributed by atoms with van der Waals surface area (Å²) in [5.41, 5.74) is 5.57. The molecule has 2 aromatic heterocycles. The highest BCUT2D eigenvalue weighted by molar-refractivity contribution is 5.70. The third-order valence-electron chi connectivity index (χ3n) is 4.88. The number of hydrogen-bond donors (Lipinski definition) is 0. The highest BCUT2D eigenvalue weighted by atomic mass is 16.5. The zero-order valence-corrected chi connectivity index (χ0v) is 16.3. The molecule has 3 aromatic rings. The topological polar surface area (TPSA) is 54.1 Å². The molecule has 0 radical (unpaired) electrons. The van der Waals surface area contributed by atoms with Crippen LogP contribution in [0.3, 0.4) is 0 Å². The fraction of sp³-hybridized carbons (Fsp3) is 0.400. The van der Waals surface area contributed by atoms with Crippen LogP contribution >= 0.6 is 0 Å². The van der Waals surface area contributed by atoms with Crippen LogP contribution < -0.4 is 9.47 Å². The zero-order chi connectivity index (χ0) is 18.8. The van der Waals surface area contributed by atoms with Crippen LogP contribution in [-0.4, -0.2) is 33.6 Å². The molecule has 2 heterocycles. The molecule has 6 heteroatoms. The van der Waals surface area contributed by atoms with Gasteiger partial charge in [0.25, 0.3) is 0 Å². The number of hydrogen-bond acceptors (Lipinski definition) is 4. The molecular formula is C20H26N4O2. The SMILES string of the molecule is COc1cc(C)cc(-c2nccn2CCn2nc(C)c(C)c2C)c1OC. The van der Waals surface area contributed by atoms with Crippen molar-refractivity contribution in [1.82, 2.24) is 19.3 Å². The van der Waals surface area contributed by atoms with Gasteiger partial charge in [-0.05, 0) is 51.0 Å². The zero-order valence-electron chi connectivity index (χ0n) is 16.3. The molecule has 3 rings (SSSR count). The Bertz CT molecular complexity index is 924. The lowest BCUT2D eigenvalue weighted by Crippen LogP contribution is -2.11. The van der Waals surface area contributed by atoms with E-state index >= 15 is 0 Å². The number of nitrogens with zero attached hydrogens (tertiary/aromatic N) is 4. The molecule has 138 valence electrons. The van der Waals surface area contributed by atoms with Gasteiger partial charge < -0.3 is 14.0 Å². The first-order valence-corrected chi connectivity index (χ1v) is 8.71.